The van der Waals surface area contributed by atoms with Gasteiger partial charge in [-0.25, -0.2) is 0 Å². The minimum absolute atomic E-state index is 0.821. The van der Waals surface area contributed by atoms with E-state index in [9.17, 15) is 0 Å². The van der Waals surface area contributed by atoms with Crippen molar-refractivity contribution in [2.75, 3.05) is 19.0 Å². The third-order valence-electron chi connectivity index (χ3n) is 3.31. The highest BCUT2D eigenvalue weighted by Gasteiger charge is 2.12. The van der Waals surface area contributed by atoms with Gasteiger partial charge in [-0.05, 0) is 42.7 Å². The van der Waals surface area contributed by atoms with Crippen LogP contribution in [0.2, 0.25) is 0 Å². The highest BCUT2D eigenvalue weighted by Crippen LogP contribution is 2.31. The Labute approximate surface area is 107 Å². The van der Waals surface area contributed by atoms with E-state index in [4.69, 9.17) is 4.74 Å². The van der Waals surface area contributed by atoms with Gasteiger partial charge in [0.25, 0.3) is 0 Å². The van der Waals surface area contributed by atoms with Crippen molar-refractivity contribution in [2.24, 2.45) is 0 Å². The molecule has 1 aromatic carbocycles. The number of ether oxygens (including phenoxy) is 1. The summed E-state index contributed by atoms with van der Waals surface area (Å²) in [6.45, 7) is 1.07. The third-order valence-corrected chi connectivity index (χ3v) is 3.31. The second kappa shape index (κ2) is 4.69. The predicted octanol–water partition coefficient (Wildman–Crippen LogP) is 3.12. The van der Waals surface area contributed by atoms with Crippen LogP contribution in [0.4, 0.5) is 5.69 Å². The van der Waals surface area contributed by atoms with E-state index in [1.807, 2.05) is 12.1 Å². The van der Waals surface area contributed by atoms with Gasteiger partial charge in [0.1, 0.15) is 11.4 Å². The molecule has 2 heterocycles. The fourth-order valence-electron chi connectivity index (χ4n) is 2.39. The first-order valence-corrected chi connectivity index (χ1v) is 6.24. The Bertz CT molecular complexity index is 566. The second-order valence-corrected chi connectivity index (χ2v) is 4.46. The monoisotopic (exact) mass is 240 g/mol. The minimum atomic E-state index is 0.821. The number of anilines is 1. The van der Waals surface area contributed by atoms with Crippen molar-refractivity contribution in [3.63, 3.8) is 0 Å². The second-order valence-electron chi connectivity index (χ2n) is 4.46. The molecule has 0 aliphatic carbocycles. The molecule has 2 aromatic rings. The lowest BCUT2D eigenvalue weighted by molar-refractivity contribution is 0.415. The Hall–Kier alpha value is -2.03. The van der Waals surface area contributed by atoms with Gasteiger partial charge in [-0.1, -0.05) is 6.07 Å². The van der Waals surface area contributed by atoms with Gasteiger partial charge < -0.3 is 10.1 Å². The maximum absolute atomic E-state index is 5.37. The first kappa shape index (κ1) is 11.1. The zero-order valence-corrected chi connectivity index (χ0v) is 10.4. The predicted molar refractivity (Wildman–Crippen MR) is 73.0 cm³/mol. The van der Waals surface area contributed by atoms with Crippen LogP contribution >= 0.6 is 0 Å². The first-order chi connectivity index (χ1) is 8.88. The zero-order valence-electron chi connectivity index (χ0n) is 10.4. The van der Waals surface area contributed by atoms with Crippen molar-refractivity contribution in [3.05, 3.63) is 42.1 Å². The highest BCUT2D eigenvalue weighted by molar-refractivity contribution is 5.70. The zero-order chi connectivity index (χ0) is 12.4. The molecule has 0 bridgehead atoms. The van der Waals surface area contributed by atoms with Gasteiger partial charge in [0.2, 0.25) is 0 Å². The summed E-state index contributed by atoms with van der Waals surface area (Å²) < 4.78 is 5.37. The fourth-order valence-corrected chi connectivity index (χ4v) is 2.39. The molecule has 0 fully saturated rings. The summed E-state index contributed by atoms with van der Waals surface area (Å²) in [7, 11) is 1.68. The average Bonchev–Trinajstić information content (AvgIpc) is 2.46. The van der Waals surface area contributed by atoms with E-state index in [-0.39, 0.29) is 0 Å². The van der Waals surface area contributed by atoms with Crippen LogP contribution in [0.5, 0.6) is 5.75 Å². The van der Waals surface area contributed by atoms with E-state index in [0.717, 1.165) is 30.0 Å². The molecule has 18 heavy (non-hydrogen) atoms. The molecular formula is C15H16N2O. The maximum atomic E-state index is 5.37. The lowest BCUT2D eigenvalue weighted by Gasteiger charge is -2.19. The third kappa shape index (κ3) is 1.92. The molecule has 0 atom stereocenters. The molecule has 0 unspecified atom stereocenters. The topological polar surface area (TPSA) is 34.1 Å². The van der Waals surface area contributed by atoms with Crippen molar-refractivity contribution in [3.8, 4) is 17.0 Å². The van der Waals surface area contributed by atoms with Gasteiger partial charge in [-0.2, -0.15) is 0 Å². The number of rotatable bonds is 2. The number of hydrogen-bond donors (Lipinski definition) is 1. The van der Waals surface area contributed by atoms with Crippen LogP contribution in [-0.4, -0.2) is 18.6 Å². The number of pyridine rings is 1. The Kier molecular flexibility index (Phi) is 2.89. The average molecular weight is 240 g/mol. The van der Waals surface area contributed by atoms with Gasteiger partial charge in [0, 0.05) is 24.0 Å². The molecule has 92 valence electrons. The molecule has 0 spiro atoms. The summed E-state index contributed by atoms with van der Waals surface area (Å²) in [4.78, 5) is 4.42. The normalized spacial score (nSPS) is 13.6. The summed E-state index contributed by atoms with van der Waals surface area (Å²) in [6, 6.07) is 10.3. The highest BCUT2D eigenvalue weighted by atomic mass is 16.5. The molecule has 3 rings (SSSR count). The molecule has 0 radical (unpaired) electrons. The molecule has 0 saturated heterocycles. The van der Waals surface area contributed by atoms with Crippen molar-refractivity contribution >= 4 is 5.69 Å². The molecule has 1 aromatic heterocycles. The fraction of sp³-hybridized carbons (Fsp3) is 0.267. The van der Waals surface area contributed by atoms with Crippen LogP contribution in [0.1, 0.15) is 12.0 Å². The largest absolute Gasteiger partial charge is 0.494 e. The van der Waals surface area contributed by atoms with Crippen LogP contribution in [0.15, 0.2) is 36.5 Å². The number of benzene rings is 1. The summed E-state index contributed by atoms with van der Waals surface area (Å²) in [5.74, 6) is 0.821. The lowest BCUT2D eigenvalue weighted by atomic mass is 9.99. The SMILES string of the molecule is COc1cccnc1-c1ccc2c(c1)CCCN2. The summed E-state index contributed by atoms with van der Waals surface area (Å²) in [5, 5.41) is 3.42. The number of aromatic nitrogens is 1. The van der Waals surface area contributed by atoms with Gasteiger partial charge in [-0.3, -0.25) is 4.98 Å². The van der Waals surface area contributed by atoms with Crippen molar-refractivity contribution < 1.29 is 4.74 Å². The quantitative estimate of drug-likeness (QED) is 0.875. The summed E-state index contributed by atoms with van der Waals surface area (Å²) in [6.07, 6.45) is 4.12. The number of nitrogens with one attached hydrogen (secondary N) is 1. The van der Waals surface area contributed by atoms with Crippen LogP contribution < -0.4 is 10.1 Å². The van der Waals surface area contributed by atoms with E-state index >= 15 is 0 Å². The molecule has 1 aliphatic heterocycles. The molecular weight excluding hydrogens is 224 g/mol. The van der Waals surface area contributed by atoms with E-state index in [0.29, 0.717) is 0 Å². The van der Waals surface area contributed by atoms with Crippen molar-refractivity contribution in [1.82, 2.24) is 4.98 Å². The lowest BCUT2D eigenvalue weighted by Crippen LogP contribution is -2.11. The van der Waals surface area contributed by atoms with Gasteiger partial charge in [0.05, 0.1) is 7.11 Å². The Morgan fingerprint density at radius 3 is 3.11 bits per heavy atom. The first-order valence-electron chi connectivity index (χ1n) is 6.24. The van der Waals surface area contributed by atoms with E-state index in [1.165, 1.54) is 17.7 Å². The maximum Gasteiger partial charge on any atom is 0.145 e. The molecule has 0 saturated carbocycles. The molecule has 1 N–H and O–H groups in total. The summed E-state index contributed by atoms with van der Waals surface area (Å²) in [5.41, 5.74) is 4.65. The van der Waals surface area contributed by atoms with Gasteiger partial charge in [0.15, 0.2) is 0 Å². The number of methoxy groups -OCH3 is 1. The van der Waals surface area contributed by atoms with Gasteiger partial charge >= 0.3 is 0 Å². The number of aryl methyl sites for hydroxylation is 1. The van der Waals surface area contributed by atoms with Crippen LogP contribution in [0.3, 0.4) is 0 Å². The van der Waals surface area contributed by atoms with E-state index in [2.05, 4.69) is 28.5 Å². The summed E-state index contributed by atoms with van der Waals surface area (Å²) >= 11 is 0. The Balaban J connectivity index is 2.06. The minimum Gasteiger partial charge on any atom is -0.494 e. The van der Waals surface area contributed by atoms with E-state index in [1.54, 1.807) is 13.3 Å². The van der Waals surface area contributed by atoms with Gasteiger partial charge in [-0.15, -0.1) is 0 Å². The van der Waals surface area contributed by atoms with Crippen LogP contribution in [-0.2, 0) is 6.42 Å². The Morgan fingerprint density at radius 1 is 1.28 bits per heavy atom. The van der Waals surface area contributed by atoms with Crippen molar-refractivity contribution in [1.29, 1.82) is 0 Å². The van der Waals surface area contributed by atoms with Crippen LogP contribution in [0, 0.1) is 0 Å². The molecule has 0 amide bonds. The molecule has 3 heteroatoms. The van der Waals surface area contributed by atoms with E-state index < -0.39 is 0 Å². The number of fused-ring (bicyclic) bond motifs is 1. The van der Waals surface area contributed by atoms with Crippen molar-refractivity contribution in [2.45, 2.75) is 12.8 Å². The van der Waals surface area contributed by atoms with Crippen LogP contribution in [0.25, 0.3) is 11.3 Å². The number of hydrogen-bond acceptors (Lipinski definition) is 3. The Morgan fingerprint density at radius 2 is 2.22 bits per heavy atom. The molecule has 3 nitrogen and oxygen atoms in total. The number of nitrogens with zero attached hydrogens (tertiary/aromatic N) is 1. The molecule has 1 aliphatic rings. The smallest absolute Gasteiger partial charge is 0.145 e. The standard InChI is InChI=1S/C15H16N2O/c1-18-14-5-3-9-17-15(14)12-6-7-13-11(10-12)4-2-8-16-13/h3,5-7,9-10,16H,2,4,8H2,1H3.